The molecule has 0 fully saturated rings. The summed E-state index contributed by atoms with van der Waals surface area (Å²) in [5.41, 5.74) is 2.39. The highest BCUT2D eigenvalue weighted by atomic mass is 16.5. The van der Waals surface area contributed by atoms with E-state index in [1.54, 1.807) is 25.1 Å². The van der Waals surface area contributed by atoms with Gasteiger partial charge in [0, 0.05) is 23.7 Å². The number of benzene rings is 3. The number of H-pyrrole nitrogens is 1. The van der Waals surface area contributed by atoms with Crippen molar-refractivity contribution in [3.05, 3.63) is 84.4 Å². The van der Waals surface area contributed by atoms with Crippen molar-refractivity contribution in [2.24, 2.45) is 0 Å². The molecule has 162 valence electrons. The largest absolute Gasteiger partial charge is 0.481 e. The highest BCUT2D eigenvalue weighted by molar-refractivity contribution is 5.99. The van der Waals surface area contributed by atoms with E-state index in [0.29, 0.717) is 29.3 Å². The maximum Gasteiger partial charge on any atom is 0.320 e. The van der Waals surface area contributed by atoms with Crippen molar-refractivity contribution in [3.63, 3.8) is 0 Å². The number of para-hydroxylation sites is 1. The number of fused-ring (bicyclic) bond motifs is 1. The number of nitrogens with zero attached hydrogens (tertiary/aromatic N) is 1. The van der Waals surface area contributed by atoms with Crippen molar-refractivity contribution in [1.29, 1.82) is 0 Å². The maximum atomic E-state index is 12.4. The highest BCUT2D eigenvalue weighted by Gasteiger charge is 2.16. The Bertz CT molecular complexity index is 1210. The third-order valence-corrected chi connectivity index (χ3v) is 4.79. The first-order chi connectivity index (χ1) is 15.6. The number of anilines is 2. The van der Waals surface area contributed by atoms with Crippen LogP contribution in [0.5, 0.6) is 5.75 Å². The monoisotopic (exact) mass is 429 g/mol. The molecule has 4 N–H and O–H groups in total. The fourth-order valence-electron chi connectivity index (χ4n) is 3.12. The molecule has 0 saturated carbocycles. The van der Waals surface area contributed by atoms with E-state index in [1.165, 1.54) is 0 Å². The van der Waals surface area contributed by atoms with Crippen LogP contribution in [0.3, 0.4) is 0 Å². The molecular weight excluding hydrogens is 406 g/mol. The predicted octanol–water partition coefficient (Wildman–Crippen LogP) is 4.29. The second-order valence-corrected chi connectivity index (χ2v) is 7.19. The number of aromatic nitrogens is 2. The Kier molecular flexibility index (Phi) is 6.31. The first kappa shape index (κ1) is 20.9. The topological polar surface area (TPSA) is 108 Å². The summed E-state index contributed by atoms with van der Waals surface area (Å²) < 4.78 is 5.77. The number of amides is 3. The molecule has 3 amide bonds. The molecule has 4 rings (SSSR count). The zero-order chi connectivity index (χ0) is 22.3. The summed E-state index contributed by atoms with van der Waals surface area (Å²) in [6, 6.07) is 23.7. The lowest BCUT2D eigenvalue weighted by Crippen LogP contribution is -2.30. The minimum absolute atomic E-state index is 0.252. The van der Waals surface area contributed by atoms with Crippen LogP contribution in [-0.2, 0) is 11.3 Å². The number of aromatic amines is 1. The fraction of sp³-hybridized carbons (Fsp3) is 0.125. The van der Waals surface area contributed by atoms with Crippen LogP contribution in [0.4, 0.5) is 16.3 Å². The van der Waals surface area contributed by atoms with Gasteiger partial charge < -0.3 is 15.4 Å². The third-order valence-electron chi connectivity index (χ3n) is 4.79. The number of rotatable bonds is 7. The molecule has 1 atom stereocenters. The fourth-order valence-corrected chi connectivity index (χ4v) is 3.12. The molecule has 1 unspecified atom stereocenters. The van der Waals surface area contributed by atoms with E-state index in [2.05, 4.69) is 26.1 Å². The van der Waals surface area contributed by atoms with Crippen LogP contribution in [-0.4, -0.2) is 28.2 Å². The van der Waals surface area contributed by atoms with Crippen LogP contribution in [0.1, 0.15) is 12.5 Å². The van der Waals surface area contributed by atoms with Gasteiger partial charge in [-0.05, 0) is 36.8 Å². The van der Waals surface area contributed by atoms with Crippen molar-refractivity contribution < 1.29 is 14.3 Å². The number of carbonyl (C=O) groups excluding carboxylic acids is 2. The first-order valence-corrected chi connectivity index (χ1v) is 10.2. The second kappa shape index (κ2) is 9.65. The van der Waals surface area contributed by atoms with Gasteiger partial charge in [-0.3, -0.25) is 15.2 Å². The van der Waals surface area contributed by atoms with Gasteiger partial charge in [-0.15, -0.1) is 0 Å². The summed E-state index contributed by atoms with van der Waals surface area (Å²) in [4.78, 5) is 24.6. The van der Waals surface area contributed by atoms with Crippen LogP contribution in [0, 0.1) is 0 Å². The molecule has 3 aromatic carbocycles. The lowest BCUT2D eigenvalue weighted by atomic mass is 10.2. The molecule has 0 spiro atoms. The molecular formula is C24H23N5O3. The molecule has 32 heavy (non-hydrogen) atoms. The van der Waals surface area contributed by atoms with E-state index in [-0.39, 0.29) is 11.9 Å². The van der Waals surface area contributed by atoms with E-state index in [9.17, 15) is 9.59 Å². The summed E-state index contributed by atoms with van der Waals surface area (Å²) in [5, 5.41) is 16.1. The average molecular weight is 429 g/mol. The summed E-state index contributed by atoms with van der Waals surface area (Å²) in [6.07, 6.45) is -0.697. The van der Waals surface area contributed by atoms with Crippen molar-refractivity contribution in [3.8, 4) is 5.75 Å². The summed E-state index contributed by atoms with van der Waals surface area (Å²) in [7, 11) is 0. The highest BCUT2D eigenvalue weighted by Crippen LogP contribution is 2.25. The Morgan fingerprint density at radius 2 is 1.69 bits per heavy atom. The van der Waals surface area contributed by atoms with Gasteiger partial charge in [0.1, 0.15) is 5.75 Å². The van der Waals surface area contributed by atoms with Gasteiger partial charge in [0.25, 0.3) is 5.91 Å². The quantitative estimate of drug-likeness (QED) is 0.351. The van der Waals surface area contributed by atoms with Gasteiger partial charge in [-0.25, -0.2) is 4.79 Å². The molecule has 0 aliphatic heterocycles. The molecule has 4 aromatic rings. The maximum absolute atomic E-state index is 12.4. The summed E-state index contributed by atoms with van der Waals surface area (Å²) >= 11 is 0. The summed E-state index contributed by atoms with van der Waals surface area (Å²) in [6.45, 7) is 2.09. The van der Waals surface area contributed by atoms with Crippen LogP contribution in [0.15, 0.2) is 78.9 Å². The number of ether oxygens (including phenoxy) is 1. The zero-order valence-corrected chi connectivity index (χ0v) is 17.5. The third kappa shape index (κ3) is 5.23. The van der Waals surface area contributed by atoms with Crippen LogP contribution >= 0.6 is 0 Å². The molecule has 8 nitrogen and oxygen atoms in total. The van der Waals surface area contributed by atoms with Gasteiger partial charge in [0.05, 0.1) is 5.52 Å². The number of hydrogen-bond donors (Lipinski definition) is 4. The number of nitrogens with one attached hydrogen (secondary N) is 4. The minimum atomic E-state index is -0.697. The van der Waals surface area contributed by atoms with E-state index in [0.717, 1.165) is 10.9 Å². The van der Waals surface area contributed by atoms with Crippen molar-refractivity contribution in [2.75, 3.05) is 10.6 Å². The van der Waals surface area contributed by atoms with Crippen LogP contribution in [0.2, 0.25) is 0 Å². The Morgan fingerprint density at radius 3 is 2.44 bits per heavy atom. The lowest BCUT2D eigenvalue weighted by molar-refractivity contribution is -0.122. The van der Waals surface area contributed by atoms with Gasteiger partial charge in [0.15, 0.2) is 11.9 Å². The van der Waals surface area contributed by atoms with Gasteiger partial charge in [-0.2, -0.15) is 5.10 Å². The van der Waals surface area contributed by atoms with Crippen molar-refractivity contribution >= 4 is 34.3 Å². The zero-order valence-electron chi connectivity index (χ0n) is 17.5. The van der Waals surface area contributed by atoms with Gasteiger partial charge in [-0.1, -0.05) is 48.5 Å². The van der Waals surface area contributed by atoms with Crippen LogP contribution < -0.4 is 20.7 Å². The molecule has 1 aromatic heterocycles. The normalized spacial score (nSPS) is 11.5. The van der Waals surface area contributed by atoms with E-state index >= 15 is 0 Å². The minimum Gasteiger partial charge on any atom is -0.481 e. The molecule has 0 saturated heterocycles. The van der Waals surface area contributed by atoms with Crippen molar-refractivity contribution in [2.45, 2.75) is 19.6 Å². The Labute approximate surface area is 185 Å². The summed E-state index contributed by atoms with van der Waals surface area (Å²) in [5.74, 6) is 0.669. The SMILES string of the molecule is CC(Oc1ccc2c(NC(=O)NCc3ccccc3)n[nH]c2c1)C(=O)Nc1ccccc1. The number of urea groups is 1. The van der Waals surface area contributed by atoms with Gasteiger partial charge >= 0.3 is 6.03 Å². The predicted molar refractivity (Wildman–Crippen MR) is 124 cm³/mol. The molecule has 0 radical (unpaired) electrons. The Hall–Kier alpha value is -4.33. The smallest absolute Gasteiger partial charge is 0.320 e. The number of carbonyl (C=O) groups is 2. The number of hydrogen-bond acceptors (Lipinski definition) is 4. The Morgan fingerprint density at radius 1 is 0.969 bits per heavy atom. The van der Waals surface area contributed by atoms with Crippen LogP contribution in [0.25, 0.3) is 10.9 Å². The molecule has 8 heteroatoms. The Balaban J connectivity index is 1.35. The van der Waals surface area contributed by atoms with E-state index in [4.69, 9.17) is 4.74 Å². The van der Waals surface area contributed by atoms with E-state index < -0.39 is 6.10 Å². The van der Waals surface area contributed by atoms with Gasteiger partial charge in [0.2, 0.25) is 0 Å². The van der Waals surface area contributed by atoms with E-state index in [1.807, 2.05) is 60.7 Å². The first-order valence-electron chi connectivity index (χ1n) is 10.2. The molecule has 0 bridgehead atoms. The second-order valence-electron chi connectivity index (χ2n) is 7.19. The van der Waals surface area contributed by atoms with Crippen molar-refractivity contribution in [1.82, 2.24) is 15.5 Å². The molecule has 1 heterocycles. The lowest BCUT2D eigenvalue weighted by Gasteiger charge is -2.14. The molecule has 0 aliphatic carbocycles. The average Bonchev–Trinajstić information content (AvgIpc) is 3.21. The molecule has 0 aliphatic rings. The standard InChI is InChI=1S/C24H23N5O3/c1-16(23(30)26-18-10-6-3-7-11-18)32-19-12-13-20-21(14-19)28-29-22(20)27-24(31)25-15-17-8-4-2-5-9-17/h2-14,16H,15H2,1H3,(H,26,30)(H3,25,27,28,29,31).